The Balaban J connectivity index is 2.32. The number of morpholine rings is 1. The molecule has 0 saturated carbocycles. The fraction of sp³-hybridized carbons (Fsp3) is 1.00. The summed E-state index contributed by atoms with van der Waals surface area (Å²) in [5.41, 5.74) is 0.292. The van der Waals surface area contributed by atoms with Crippen LogP contribution in [0.3, 0.4) is 0 Å². The van der Waals surface area contributed by atoms with Crippen LogP contribution in [-0.4, -0.2) is 48.5 Å². The maximum atomic E-state index is 10.1. The second-order valence-corrected chi connectivity index (χ2v) is 5.97. The minimum absolute atomic E-state index is 0.0102. The third-order valence-corrected chi connectivity index (χ3v) is 3.24. The van der Waals surface area contributed by atoms with Crippen molar-refractivity contribution < 1.29 is 9.84 Å². The molecule has 0 radical (unpaired) electrons. The monoisotopic (exact) mass is 229 g/mol. The van der Waals surface area contributed by atoms with Crippen molar-refractivity contribution in [2.24, 2.45) is 5.41 Å². The molecule has 1 saturated heterocycles. The van der Waals surface area contributed by atoms with Gasteiger partial charge in [-0.2, -0.15) is 0 Å². The van der Waals surface area contributed by atoms with Crippen molar-refractivity contribution in [1.29, 1.82) is 0 Å². The van der Waals surface area contributed by atoms with Gasteiger partial charge in [-0.05, 0) is 24.8 Å². The topological polar surface area (TPSA) is 32.7 Å². The summed E-state index contributed by atoms with van der Waals surface area (Å²) in [5.74, 6) is 0. The first-order chi connectivity index (χ1) is 7.42. The van der Waals surface area contributed by atoms with Crippen molar-refractivity contribution in [3.63, 3.8) is 0 Å². The maximum absolute atomic E-state index is 10.1. The Bertz CT molecular complexity index is 201. The molecule has 0 aromatic heterocycles. The van der Waals surface area contributed by atoms with E-state index in [0.717, 1.165) is 39.1 Å². The molecule has 2 atom stereocenters. The molecule has 96 valence electrons. The minimum atomic E-state index is -0.312. The highest BCUT2D eigenvalue weighted by atomic mass is 16.5. The van der Waals surface area contributed by atoms with Crippen LogP contribution in [0.4, 0.5) is 0 Å². The van der Waals surface area contributed by atoms with Gasteiger partial charge in [0.1, 0.15) is 0 Å². The Hall–Kier alpha value is -0.120. The molecule has 1 rings (SSSR count). The van der Waals surface area contributed by atoms with Crippen molar-refractivity contribution >= 4 is 0 Å². The van der Waals surface area contributed by atoms with E-state index in [9.17, 15) is 5.11 Å². The van der Waals surface area contributed by atoms with Gasteiger partial charge in [-0.15, -0.1) is 0 Å². The summed E-state index contributed by atoms with van der Waals surface area (Å²) in [4.78, 5) is 2.34. The zero-order valence-electron chi connectivity index (χ0n) is 11.2. The van der Waals surface area contributed by atoms with Gasteiger partial charge in [0.15, 0.2) is 0 Å². The molecule has 1 aliphatic rings. The quantitative estimate of drug-likeness (QED) is 0.799. The first kappa shape index (κ1) is 13.9. The Morgan fingerprint density at radius 1 is 1.44 bits per heavy atom. The van der Waals surface area contributed by atoms with Gasteiger partial charge in [-0.3, -0.25) is 4.90 Å². The number of rotatable bonds is 4. The van der Waals surface area contributed by atoms with Crippen molar-refractivity contribution in [2.75, 3.05) is 26.2 Å². The van der Waals surface area contributed by atoms with E-state index in [0.29, 0.717) is 5.41 Å². The Morgan fingerprint density at radius 2 is 2.12 bits per heavy atom. The molecular formula is C13H27NO2. The summed E-state index contributed by atoms with van der Waals surface area (Å²) >= 11 is 0. The van der Waals surface area contributed by atoms with Gasteiger partial charge in [-0.25, -0.2) is 0 Å². The van der Waals surface area contributed by atoms with E-state index in [1.165, 1.54) is 0 Å². The van der Waals surface area contributed by atoms with Gasteiger partial charge in [0, 0.05) is 13.1 Å². The minimum Gasteiger partial charge on any atom is -0.390 e. The van der Waals surface area contributed by atoms with Crippen molar-refractivity contribution in [1.82, 2.24) is 4.90 Å². The number of hydrogen-bond acceptors (Lipinski definition) is 3. The largest absolute Gasteiger partial charge is 0.390 e. The number of aliphatic hydroxyl groups is 1. The van der Waals surface area contributed by atoms with Crippen LogP contribution in [0.5, 0.6) is 0 Å². The molecule has 1 heterocycles. The number of likely N-dealkylation sites (N-methyl/N-ethyl adjacent to an activating group) is 1. The van der Waals surface area contributed by atoms with Crippen molar-refractivity contribution in [3.8, 4) is 0 Å². The van der Waals surface area contributed by atoms with E-state index < -0.39 is 0 Å². The highest BCUT2D eigenvalue weighted by molar-refractivity contribution is 4.78. The highest BCUT2D eigenvalue weighted by Gasteiger charge is 2.26. The average molecular weight is 229 g/mol. The first-order valence-electron chi connectivity index (χ1n) is 6.44. The number of aliphatic hydroxyl groups excluding tert-OH is 1. The first-order valence-corrected chi connectivity index (χ1v) is 6.44. The SMILES string of the molecule is CCN1CCOC(C(O)CCC(C)(C)C)C1. The van der Waals surface area contributed by atoms with Gasteiger partial charge < -0.3 is 9.84 Å². The molecule has 0 aliphatic carbocycles. The van der Waals surface area contributed by atoms with Crippen LogP contribution in [0.1, 0.15) is 40.5 Å². The number of nitrogens with zero attached hydrogens (tertiary/aromatic N) is 1. The molecule has 0 amide bonds. The summed E-state index contributed by atoms with van der Waals surface area (Å²) in [6.45, 7) is 12.5. The van der Waals surface area contributed by atoms with E-state index in [2.05, 4.69) is 32.6 Å². The molecule has 3 heteroatoms. The van der Waals surface area contributed by atoms with E-state index in [1.54, 1.807) is 0 Å². The summed E-state index contributed by atoms with van der Waals surface area (Å²) in [7, 11) is 0. The van der Waals surface area contributed by atoms with Crippen molar-refractivity contribution in [2.45, 2.75) is 52.7 Å². The van der Waals surface area contributed by atoms with E-state index >= 15 is 0 Å². The lowest BCUT2D eigenvalue weighted by Crippen LogP contribution is -2.47. The van der Waals surface area contributed by atoms with Crippen LogP contribution >= 0.6 is 0 Å². The van der Waals surface area contributed by atoms with Crippen LogP contribution in [0.15, 0.2) is 0 Å². The standard InChI is InChI=1S/C13H27NO2/c1-5-14-8-9-16-12(10-14)11(15)6-7-13(2,3)4/h11-12,15H,5-10H2,1-4H3. The Morgan fingerprint density at radius 3 is 2.69 bits per heavy atom. The fourth-order valence-corrected chi connectivity index (χ4v) is 2.02. The van der Waals surface area contributed by atoms with E-state index in [4.69, 9.17) is 4.74 Å². The lowest BCUT2D eigenvalue weighted by atomic mass is 9.88. The molecule has 3 nitrogen and oxygen atoms in total. The zero-order valence-corrected chi connectivity index (χ0v) is 11.2. The average Bonchev–Trinajstić information content (AvgIpc) is 2.25. The van der Waals surface area contributed by atoms with Crippen molar-refractivity contribution in [3.05, 3.63) is 0 Å². The zero-order chi connectivity index (χ0) is 12.2. The predicted molar refractivity (Wildman–Crippen MR) is 66.5 cm³/mol. The molecule has 1 N–H and O–H groups in total. The van der Waals surface area contributed by atoms with Gasteiger partial charge >= 0.3 is 0 Å². The molecule has 2 unspecified atom stereocenters. The number of ether oxygens (including phenoxy) is 1. The molecule has 1 aliphatic heterocycles. The third kappa shape index (κ3) is 4.81. The molecule has 0 aromatic carbocycles. The third-order valence-electron chi connectivity index (χ3n) is 3.24. The lowest BCUT2D eigenvalue weighted by Gasteiger charge is -2.35. The van der Waals surface area contributed by atoms with Gasteiger partial charge in [0.25, 0.3) is 0 Å². The summed E-state index contributed by atoms with van der Waals surface area (Å²) in [6.07, 6.45) is 1.58. The van der Waals surface area contributed by atoms with E-state index in [1.807, 2.05) is 0 Å². The summed E-state index contributed by atoms with van der Waals surface area (Å²) in [5, 5.41) is 10.1. The predicted octanol–water partition coefficient (Wildman–Crippen LogP) is 1.89. The Kier molecular flexibility index (Phi) is 5.22. The molecular weight excluding hydrogens is 202 g/mol. The second-order valence-electron chi connectivity index (χ2n) is 5.97. The van der Waals surface area contributed by atoms with Crippen LogP contribution in [0.2, 0.25) is 0 Å². The smallest absolute Gasteiger partial charge is 0.0960 e. The molecule has 0 bridgehead atoms. The van der Waals surface area contributed by atoms with E-state index in [-0.39, 0.29) is 12.2 Å². The normalized spacial score (nSPS) is 25.7. The van der Waals surface area contributed by atoms with Crippen LogP contribution in [-0.2, 0) is 4.74 Å². The van der Waals surface area contributed by atoms with Crippen LogP contribution in [0.25, 0.3) is 0 Å². The number of hydrogen-bond donors (Lipinski definition) is 1. The van der Waals surface area contributed by atoms with Gasteiger partial charge in [0.2, 0.25) is 0 Å². The lowest BCUT2D eigenvalue weighted by molar-refractivity contribution is -0.0912. The molecule has 1 fully saturated rings. The molecule has 0 aromatic rings. The van der Waals surface area contributed by atoms with Crippen LogP contribution in [0, 0.1) is 5.41 Å². The Labute approximate surface area is 99.8 Å². The van der Waals surface area contributed by atoms with Gasteiger partial charge in [0.05, 0.1) is 18.8 Å². The summed E-state index contributed by atoms with van der Waals surface area (Å²) < 4.78 is 5.65. The second kappa shape index (κ2) is 5.99. The molecule has 0 spiro atoms. The molecule has 16 heavy (non-hydrogen) atoms. The van der Waals surface area contributed by atoms with Crippen LogP contribution < -0.4 is 0 Å². The fourth-order valence-electron chi connectivity index (χ4n) is 2.02. The summed E-state index contributed by atoms with van der Waals surface area (Å²) in [6, 6.07) is 0. The highest BCUT2D eigenvalue weighted by Crippen LogP contribution is 2.23. The maximum Gasteiger partial charge on any atom is 0.0960 e. The van der Waals surface area contributed by atoms with Gasteiger partial charge in [-0.1, -0.05) is 27.7 Å².